The minimum Gasteiger partial charge on any atom is -0.504 e. The van der Waals surface area contributed by atoms with Crippen molar-refractivity contribution in [1.29, 1.82) is 0 Å². The van der Waals surface area contributed by atoms with Crippen LogP contribution in [0.3, 0.4) is 0 Å². The number of nitrogens with one attached hydrogen (secondary N) is 1. The van der Waals surface area contributed by atoms with Gasteiger partial charge in [0.25, 0.3) is 0 Å². The zero-order valence-electron chi connectivity index (χ0n) is 17.6. The molecule has 0 spiro atoms. The number of benzene rings is 2. The molecule has 2 N–H and O–H groups in total. The Hall–Kier alpha value is -3.38. The second-order valence-corrected chi connectivity index (χ2v) is 7.67. The van der Waals surface area contributed by atoms with Crippen molar-refractivity contribution >= 4 is 5.91 Å². The summed E-state index contributed by atoms with van der Waals surface area (Å²) in [6, 6.07) is 19.0. The predicted octanol–water partition coefficient (Wildman–Crippen LogP) is 3.43. The average molecular weight is 418 g/mol. The standard InChI is InChI=1S/C25H27N3O3/c1-2-31-24-13-18(10-11-23(24)29)16-28-17-20-8-4-3-7-19(20)14-22(28)25(30)27-15-21-9-5-6-12-26-21/h3-13,22,29H,2,14-17H2,1H3,(H,27,30). The molecule has 3 aromatic rings. The Morgan fingerprint density at radius 2 is 1.97 bits per heavy atom. The van der Waals surface area contributed by atoms with E-state index in [2.05, 4.69) is 27.3 Å². The first-order valence-corrected chi connectivity index (χ1v) is 10.6. The van der Waals surface area contributed by atoms with E-state index in [0.717, 1.165) is 11.3 Å². The average Bonchev–Trinajstić information content (AvgIpc) is 2.80. The van der Waals surface area contributed by atoms with Crippen LogP contribution in [0.15, 0.2) is 66.9 Å². The number of hydrogen-bond acceptors (Lipinski definition) is 5. The molecule has 1 aliphatic rings. The van der Waals surface area contributed by atoms with Crippen LogP contribution in [0.5, 0.6) is 11.5 Å². The lowest BCUT2D eigenvalue weighted by Crippen LogP contribution is -2.49. The minimum atomic E-state index is -0.289. The van der Waals surface area contributed by atoms with Gasteiger partial charge in [-0.15, -0.1) is 0 Å². The van der Waals surface area contributed by atoms with Crippen LogP contribution in [0.2, 0.25) is 0 Å². The highest BCUT2D eigenvalue weighted by Gasteiger charge is 2.31. The number of hydrogen-bond donors (Lipinski definition) is 2. The molecule has 2 aromatic carbocycles. The summed E-state index contributed by atoms with van der Waals surface area (Å²) in [5.41, 5.74) is 4.26. The van der Waals surface area contributed by atoms with Gasteiger partial charge < -0.3 is 15.2 Å². The van der Waals surface area contributed by atoms with E-state index in [4.69, 9.17) is 4.74 Å². The normalized spacial score (nSPS) is 15.8. The highest BCUT2D eigenvalue weighted by Crippen LogP contribution is 2.30. The number of nitrogens with zero attached hydrogens (tertiary/aromatic N) is 2. The van der Waals surface area contributed by atoms with Crippen molar-refractivity contribution < 1.29 is 14.6 Å². The molecule has 1 unspecified atom stereocenters. The summed E-state index contributed by atoms with van der Waals surface area (Å²) < 4.78 is 5.53. The van der Waals surface area contributed by atoms with Crippen molar-refractivity contribution in [3.8, 4) is 11.5 Å². The molecule has 1 amide bonds. The molecule has 1 aliphatic heterocycles. The monoisotopic (exact) mass is 417 g/mol. The molecule has 1 aromatic heterocycles. The summed E-state index contributed by atoms with van der Waals surface area (Å²) in [5, 5.41) is 13.1. The zero-order chi connectivity index (χ0) is 21.6. The lowest BCUT2D eigenvalue weighted by atomic mass is 9.93. The minimum absolute atomic E-state index is 0.0102. The smallest absolute Gasteiger partial charge is 0.238 e. The largest absolute Gasteiger partial charge is 0.504 e. The van der Waals surface area contributed by atoms with Gasteiger partial charge in [0.15, 0.2) is 11.5 Å². The topological polar surface area (TPSA) is 74.7 Å². The van der Waals surface area contributed by atoms with Gasteiger partial charge in [-0.05, 0) is 54.3 Å². The predicted molar refractivity (Wildman–Crippen MR) is 119 cm³/mol. The lowest BCUT2D eigenvalue weighted by Gasteiger charge is -2.36. The third-order valence-corrected chi connectivity index (χ3v) is 5.53. The molecule has 4 rings (SSSR count). The molecule has 1 atom stereocenters. The van der Waals surface area contributed by atoms with Crippen LogP contribution < -0.4 is 10.1 Å². The van der Waals surface area contributed by atoms with Gasteiger partial charge in [0, 0.05) is 19.3 Å². The number of phenolic OH excluding ortho intramolecular Hbond substituents is 1. The first kappa shape index (κ1) is 20.9. The maximum atomic E-state index is 13.2. The Kier molecular flexibility index (Phi) is 6.48. The molecule has 31 heavy (non-hydrogen) atoms. The fraction of sp³-hybridized carbons (Fsp3) is 0.280. The number of ether oxygens (including phenoxy) is 1. The van der Waals surface area contributed by atoms with Gasteiger partial charge in [-0.25, -0.2) is 0 Å². The van der Waals surface area contributed by atoms with Gasteiger partial charge in [0.05, 0.1) is 24.9 Å². The van der Waals surface area contributed by atoms with Crippen LogP contribution in [0.4, 0.5) is 0 Å². The van der Waals surface area contributed by atoms with Crippen molar-refractivity contribution in [2.75, 3.05) is 6.61 Å². The third kappa shape index (κ3) is 5.03. The van der Waals surface area contributed by atoms with Crippen LogP contribution in [0.1, 0.15) is 29.3 Å². The molecular formula is C25H27N3O3. The molecule has 0 radical (unpaired) electrons. The summed E-state index contributed by atoms with van der Waals surface area (Å²) >= 11 is 0. The fourth-order valence-electron chi connectivity index (χ4n) is 3.96. The summed E-state index contributed by atoms with van der Waals surface area (Å²) in [6.07, 6.45) is 2.38. The Labute approximate surface area is 182 Å². The van der Waals surface area contributed by atoms with Crippen LogP contribution in [0.25, 0.3) is 0 Å². The summed E-state index contributed by atoms with van der Waals surface area (Å²) in [5.74, 6) is 0.580. The van der Waals surface area contributed by atoms with E-state index in [-0.39, 0.29) is 17.7 Å². The highest BCUT2D eigenvalue weighted by atomic mass is 16.5. The fourth-order valence-corrected chi connectivity index (χ4v) is 3.96. The van der Waals surface area contributed by atoms with Gasteiger partial charge in [-0.3, -0.25) is 14.7 Å². The van der Waals surface area contributed by atoms with Crippen LogP contribution in [-0.4, -0.2) is 33.5 Å². The van der Waals surface area contributed by atoms with Crippen molar-refractivity contribution in [3.63, 3.8) is 0 Å². The Balaban J connectivity index is 1.54. The Morgan fingerprint density at radius 3 is 2.74 bits per heavy atom. The van der Waals surface area contributed by atoms with E-state index < -0.39 is 0 Å². The molecule has 6 nitrogen and oxygen atoms in total. The second kappa shape index (κ2) is 9.62. The summed E-state index contributed by atoms with van der Waals surface area (Å²) in [7, 11) is 0. The van der Waals surface area contributed by atoms with Crippen molar-refractivity contribution in [3.05, 3.63) is 89.2 Å². The second-order valence-electron chi connectivity index (χ2n) is 7.67. The van der Waals surface area contributed by atoms with Gasteiger partial charge in [-0.2, -0.15) is 0 Å². The summed E-state index contributed by atoms with van der Waals surface area (Å²) in [4.78, 5) is 19.6. The van der Waals surface area contributed by atoms with Crippen LogP contribution in [0, 0.1) is 0 Å². The summed E-state index contributed by atoms with van der Waals surface area (Å²) in [6.45, 7) is 4.03. The molecule has 0 fully saturated rings. The molecule has 0 bridgehead atoms. The number of carbonyl (C=O) groups excluding carboxylic acids is 1. The van der Waals surface area contributed by atoms with Crippen molar-refractivity contribution in [2.45, 2.75) is 39.0 Å². The quantitative estimate of drug-likeness (QED) is 0.616. The molecule has 160 valence electrons. The number of carbonyl (C=O) groups is 1. The Bertz CT molecular complexity index is 1040. The van der Waals surface area contributed by atoms with Gasteiger partial charge in [-0.1, -0.05) is 36.4 Å². The molecule has 0 saturated carbocycles. The number of rotatable bonds is 7. The highest BCUT2D eigenvalue weighted by molar-refractivity contribution is 5.82. The lowest BCUT2D eigenvalue weighted by molar-refractivity contribution is -0.127. The third-order valence-electron chi connectivity index (χ3n) is 5.53. The first-order valence-electron chi connectivity index (χ1n) is 10.6. The number of aromatic nitrogens is 1. The number of pyridine rings is 1. The SMILES string of the molecule is CCOc1cc(CN2Cc3ccccc3CC2C(=O)NCc2ccccn2)ccc1O. The van der Waals surface area contributed by atoms with E-state index in [0.29, 0.717) is 38.4 Å². The van der Waals surface area contributed by atoms with E-state index in [9.17, 15) is 9.90 Å². The van der Waals surface area contributed by atoms with Crippen molar-refractivity contribution in [2.24, 2.45) is 0 Å². The van der Waals surface area contributed by atoms with E-state index in [1.54, 1.807) is 12.3 Å². The number of phenols is 1. The molecule has 0 aliphatic carbocycles. The van der Waals surface area contributed by atoms with Gasteiger partial charge in [0.2, 0.25) is 5.91 Å². The van der Waals surface area contributed by atoms with Crippen LogP contribution >= 0.6 is 0 Å². The van der Waals surface area contributed by atoms with E-state index >= 15 is 0 Å². The van der Waals surface area contributed by atoms with E-state index in [1.807, 2.05) is 49.4 Å². The Morgan fingerprint density at radius 1 is 1.16 bits per heavy atom. The van der Waals surface area contributed by atoms with Crippen molar-refractivity contribution in [1.82, 2.24) is 15.2 Å². The first-order chi connectivity index (χ1) is 15.1. The molecule has 0 saturated heterocycles. The van der Waals surface area contributed by atoms with Gasteiger partial charge in [0.1, 0.15) is 0 Å². The maximum Gasteiger partial charge on any atom is 0.238 e. The number of fused-ring (bicyclic) bond motifs is 1. The van der Waals surface area contributed by atoms with Crippen LogP contribution in [-0.2, 0) is 30.8 Å². The number of aromatic hydroxyl groups is 1. The maximum absolute atomic E-state index is 13.2. The zero-order valence-corrected chi connectivity index (χ0v) is 17.6. The molecule has 2 heterocycles. The molecule has 6 heteroatoms. The van der Waals surface area contributed by atoms with Gasteiger partial charge >= 0.3 is 0 Å². The van der Waals surface area contributed by atoms with E-state index in [1.165, 1.54) is 11.1 Å². The number of amides is 1. The molecular weight excluding hydrogens is 390 g/mol.